The van der Waals surface area contributed by atoms with Gasteiger partial charge in [-0.1, -0.05) is 97.1 Å². The molecule has 0 aliphatic carbocycles. The molecular formula is C42H24N4O2. The SMILES string of the molecule is c1ccc(-c2nc(-c3cccc(-c4cccc5oc6c7cnccc7ccc6c45)c3)nc(-c3cccc4oc5ccccc5c34)n2)cc1. The molecule has 0 aliphatic heterocycles. The molecule has 6 nitrogen and oxygen atoms in total. The van der Waals surface area contributed by atoms with Crippen LogP contribution >= 0.6 is 0 Å². The molecule has 0 saturated heterocycles. The maximum Gasteiger partial charge on any atom is 0.164 e. The van der Waals surface area contributed by atoms with Gasteiger partial charge in [-0.05, 0) is 52.9 Å². The Hall–Kier alpha value is -6.66. The van der Waals surface area contributed by atoms with E-state index in [-0.39, 0.29) is 0 Å². The van der Waals surface area contributed by atoms with Gasteiger partial charge in [0, 0.05) is 56.0 Å². The molecule has 0 saturated carbocycles. The molecule has 0 amide bonds. The van der Waals surface area contributed by atoms with Crippen molar-refractivity contribution in [1.29, 1.82) is 0 Å². The fraction of sp³-hybridized carbons (Fsp3) is 0. The van der Waals surface area contributed by atoms with Crippen LogP contribution in [-0.2, 0) is 0 Å². The molecule has 0 aliphatic rings. The van der Waals surface area contributed by atoms with Crippen molar-refractivity contribution in [2.45, 2.75) is 0 Å². The van der Waals surface area contributed by atoms with Crippen molar-refractivity contribution in [3.63, 3.8) is 0 Å². The highest BCUT2D eigenvalue weighted by Crippen LogP contribution is 2.41. The van der Waals surface area contributed by atoms with Crippen molar-refractivity contribution in [1.82, 2.24) is 19.9 Å². The largest absolute Gasteiger partial charge is 0.456 e. The molecule has 4 aromatic heterocycles. The number of fused-ring (bicyclic) bond motifs is 8. The zero-order valence-electron chi connectivity index (χ0n) is 25.5. The minimum absolute atomic E-state index is 0.588. The van der Waals surface area contributed by atoms with E-state index in [2.05, 4.69) is 59.6 Å². The van der Waals surface area contributed by atoms with E-state index in [1.54, 1.807) is 6.20 Å². The highest BCUT2D eigenvalue weighted by atomic mass is 16.3. The second-order valence-corrected chi connectivity index (χ2v) is 11.8. The number of rotatable bonds is 4. The molecule has 0 unspecified atom stereocenters. The van der Waals surface area contributed by atoms with Gasteiger partial charge >= 0.3 is 0 Å². The lowest BCUT2D eigenvalue weighted by Crippen LogP contribution is -2.00. The molecule has 0 atom stereocenters. The van der Waals surface area contributed by atoms with Crippen molar-refractivity contribution in [2.75, 3.05) is 0 Å². The molecular weight excluding hydrogens is 592 g/mol. The van der Waals surface area contributed by atoms with Crippen LogP contribution in [0.1, 0.15) is 0 Å². The second kappa shape index (κ2) is 10.4. The highest BCUT2D eigenvalue weighted by Gasteiger charge is 2.19. The fourth-order valence-electron chi connectivity index (χ4n) is 6.81. The van der Waals surface area contributed by atoms with Crippen molar-refractivity contribution < 1.29 is 8.83 Å². The lowest BCUT2D eigenvalue weighted by Gasteiger charge is -2.11. The van der Waals surface area contributed by atoms with Gasteiger partial charge in [0.2, 0.25) is 0 Å². The lowest BCUT2D eigenvalue weighted by atomic mass is 9.97. The summed E-state index contributed by atoms with van der Waals surface area (Å²) in [5, 5.41) is 6.23. The summed E-state index contributed by atoms with van der Waals surface area (Å²) in [7, 11) is 0. The average Bonchev–Trinajstić information content (AvgIpc) is 3.74. The summed E-state index contributed by atoms with van der Waals surface area (Å²) in [6.45, 7) is 0. The van der Waals surface area contributed by atoms with Gasteiger partial charge in [0.15, 0.2) is 17.5 Å². The summed E-state index contributed by atoms with van der Waals surface area (Å²) in [6.07, 6.45) is 3.68. The molecule has 6 aromatic carbocycles. The van der Waals surface area contributed by atoms with E-state index in [0.717, 1.165) is 82.5 Å². The first-order chi connectivity index (χ1) is 23.8. The van der Waals surface area contributed by atoms with Gasteiger partial charge in [0.25, 0.3) is 0 Å². The van der Waals surface area contributed by atoms with Crippen molar-refractivity contribution in [2.24, 2.45) is 0 Å². The molecule has 0 radical (unpaired) electrons. The molecule has 0 spiro atoms. The van der Waals surface area contributed by atoms with E-state index in [9.17, 15) is 0 Å². The van der Waals surface area contributed by atoms with Crippen LogP contribution in [0.3, 0.4) is 0 Å². The van der Waals surface area contributed by atoms with Crippen LogP contribution in [0.15, 0.2) is 155 Å². The maximum absolute atomic E-state index is 6.45. The van der Waals surface area contributed by atoms with Gasteiger partial charge in [0.1, 0.15) is 22.3 Å². The monoisotopic (exact) mass is 616 g/mol. The third kappa shape index (κ3) is 4.13. The smallest absolute Gasteiger partial charge is 0.164 e. The van der Waals surface area contributed by atoms with Gasteiger partial charge in [-0.3, -0.25) is 4.98 Å². The Morgan fingerprint density at radius 2 is 1.08 bits per heavy atom. The topological polar surface area (TPSA) is 77.8 Å². The van der Waals surface area contributed by atoms with Crippen molar-refractivity contribution in [3.8, 4) is 45.3 Å². The Balaban J connectivity index is 1.18. The summed E-state index contributed by atoms with van der Waals surface area (Å²) in [5.41, 5.74) is 8.11. The quantitative estimate of drug-likeness (QED) is 0.196. The predicted octanol–water partition coefficient (Wildman–Crippen LogP) is 10.9. The van der Waals surface area contributed by atoms with E-state index in [4.69, 9.17) is 23.8 Å². The molecule has 224 valence electrons. The first-order valence-corrected chi connectivity index (χ1v) is 15.8. The molecule has 6 heteroatoms. The van der Waals surface area contributed by atoms with E-state index in [1.165, 1.54) is 0 Å². The molecule has 0 fully saturated rings. The van der Waals surface area contributed by atoms with Gasteiger partial charge in [-0.25, -0.2) is 15.0 Å². The standard InChI is InChI=1S/C42H24N4O2/c1-2-9-26(10-3-1)40-44-41(46-42(45-40)32-15-8-17-35-38(32)30-13-4-5-16-34(30)47-35)28-12-6-11-27(23-28)29-14-7-18-36-37(29)31-20-19-25-21-22-43-24-33(25)39(31)48-36/h1-24H. The first-order valence-electron chi connectivity index (χ1n) is 15.8. The van der Waals surface area contributed by atoms with Crippen molar-refractivity contribution in [3.05, 3.63) is 146 Å². The van der Waals surface area contributed by atoms with Crippen LogP contribution in [0.25, 0.3) is 99.9 Å². The number of aromatic nitrogens is 4. The molecule has 4 heterocycles. The first kappa shape index (κ1) is 26.5. The van der Waals surface area contributed by atoms with Crippen LogP contribution in [0.4, 0.5) is 0 Å². The van der Waals surface area contributed by atoms with Crippen molar-refractivity contribution >= 4 is 54.6 Å². The number of nitrogens with zero attached hydrogens (tertiary/aromatic N) is 4. The van der Waals surface area contributed by atoms with Crippen LogP contribution in [0, 0.1) is 0 Å². The number of hydrogen-bond donors (Lipinski definition) is 0. The number of furan rings is 2. The molecule has 10 rings (SSSR count). The lowest BCUT2D eigenvalue weighted by molar-refractivity contribution is 0.669. The Bertz CT molecular complexity index is 2850. The normalized spacial score (nSPS) is 11.8. The van der Waals surface area contributed by atoms with Gasteiger partial charge in [-0.15, -0.1) is 0 Å². The maximum atomic E-state index is 6.45. The van der Waals surface area contributed by atoms with Gasteiger partial charge in [0.05, 0.1) is 0 Å². The highest BCUT2D eigenvalue weighted by molar-refractivity contribution is 6.19. The van der Waals surface area contributed by atoms with E-state index < -0.39 is 0 Å². The average molecular weight is 617 g/mol. The molecule has 48 heavy (non-hydrogen) atoms. The Morgan fingerprint density at radius 1 is 0.417 bits per heavy atom. The van der Waals surface area contributed by atoms with Gasteiger partial charge < -0.3 is 8.83 Å². The molecule has 10 aromatic rings. The van der Waals surface area contributed by atoms with Crippen LogP contribution in [0.5, 0.6) is 0 Å². The van der Waals surface area contributed by atoms with E-state index in [1.807, 2.05) is 85.1 Å². The fourth-order valence-corrected chi connectivity index (χ4v) is 6.81. The minimum Gasteiger partial charge on any atom is -0.456 e. The third-order valence-electron chi connectivity index (χ3n) is 9.02. The van der Waals surface area contributed by atoms with E-state index in [0.29, 0.717) is 17.5 Å². The zero-order chi connectivity index (χ0) is 31.6. The second-order valence-electron chi connectivity index (χ2n) is 11.8. The molecule has 0 bridgehead atoms. The Morgan fingerprint density at radius 3 is 1.98 bits per heavy atom. The summed E-state index contributed by atoms with van der Waals surface area (Å²) >= 11 is 0. The van der Waals surface area contributed by atoms with Crippen LogP contribution in [-0.4, -0.2) is 19.9 Å². The van der Waals surface area contributed by atoms with Gasteiger partial charge in [-0.2, -0.15) is 0 Å². The Labute approximate surface area is 274 Å². The third-order valence-corrected chi connectivity index (χ3v) is 9.02. The molecule has 0 N–H and O–H groups in total. The predicted molar refractivity (Wildman–Crippen MR) is 191 cm³/mol. The zero-order valence-corrected chi connectivity index (χ0v) is 25.5. The Kier molecular flexibility index (Phi) is 5.77. The van der Waals surface area contributed by atoms with Crippen LogP contribution in [0.2, 0.25) is 0 Å². The number of benzene rings is 6. The number of hydrogen-bond acceptors (Lipinski definition) is 6. The number of para-hydroxylation sites is 1. The van der Waals surface area contributed by atoms with E-state index >= 15 is 0 Å². The van der Waals surface area contributed by atoms with Crippen LogP contribution < -0.4 is 0 Å². The summed E-state index contributed by atoms with van der Waals surface area (Å²) in [5.74, 6) is 1.78. The summed E-state index contributed by atoms with van der Waals surface area (Å²) < 4.78 is 12.7. The number of pyridine rings is 1. The minimum atomic E-state index is 0.588. The summed E-state index contributed by atoms with van der Waals surface area (Å²) in [6, 6.07) is 45.0. The summed E-state index contributed by atoms with van der Waals surface area (Å²) in [4.78, 5) is 19.5.